The van der Waals surface area contributed by atoms with Gasteiger partial charge < -0.3 is 19.1 Å². The van der Waals surface area contributed by atoms with E-state index in [0.29, 0.717) is 30.0 Å². The SMILES string of the molecule is CCc1noc(C)c1C(=O)N1CC(=O)N(c2ccc(OC)cc2)C(C)(C)C1. The number of amides is 2. The number of benzene rings is 1. The van der Waals surface area contributed by atoms with E-state index in [-0.39, 0.29) is 18.4 Å². The van der Waals surface area contributed by atoms with Gasteiger partial charge in [0.2, 0.25) is 5.91 Å². The van der Waals surface area contributed by atoms with Crippen LogP contribution in [0.4, 0.5) is 5.69 Å². The van der Waals surface area contributed by atoms with Gasteiger partial charge in [0, 0.05) is 12.2 Å². The predicted octanol–water partition coefficient (Wildman–Crippen LogP) is 2.82. The molecule has 1 aliphatic heterocycles. The minimum atomic E-state index is -0.559. The van der Waals surface area contributed by atoms with Gasteiger partial charge in [0.05, 0.1) is 18.3 Å². The van der Waals surface area contributed by atoms with Crippen LogP contribution < -0.4 is 9.64 Å². The largest absolute Gasteiger partial charge is 0.497 e. The van der Waals surface area contributed by atoms with Crippen molar-refractivity contribution in [2.45, 2.75) is 39.7 Å². The van der Waals surface area contributed by atoms with Gasteiger partial charge in [-0.15, -0.1) is 0 Å². The van der Waals surface area contributed by atoms with Crippen LogP contribution in [-0.2, 0) is 11.2 Å². The number of hydrogen-bond donors (Lipinski definition) is 0. The zero-order chi connectivity index (χ0) is 19.8. The summed E-state index contributed by atoms with van der Waals surface area (Å²) in [6, 6.07) is 7.36. The number of piperazine rings is 1. The molecule has 7 nitrogen and oxygen atoms in total. The highest BCUT2D eigenvalue weighted by atomic mass is 16.5. The van der Waals surface area contributed by atoms with Crippen molar-refractivity contribution in [1.82, 2.24) is 10.1 Å². The highest BCUT2D eigenvalue weighted by molar-refractivity contribution is 6.03. The first-order chi connectivity index (χ1) is 12.8. The minimum absolute atomic E-state index is 0.0159. The van der Waals surface area contributed by atoms with Crippen molar-refractivity contribution in [1.29, 1.82) is 0 Å². The smallest absolute Gasteiger partial charge is 0.259 e. The monoisotopic (exact) mass is 371 g/mol. The van der Waals surface area contributed by atoms with E-state index in [1.54, 1.807) is 23.8 Å². The Kier molecular flexibility index (Phi) is 4.95. The molecule has 0 aliphatic carbocycles. The minimum Gasteiger partial charge on any atom is -0.497 e. The summed E-state index contributed by atoms with van der Waals surface area (Å²) in [6.07, 6.45) is 0.599. The second kappa shape index (κ2) is 7.06. The molecule has 0 radical (unpaired) electrons. The molecule has 0 saturated carbocycles. The van der Waals surface area contributed by atoms with Crippen molar-refractivity contribution in [3.05, 3.63) is 41.3 Å². The van der Waals surface area contributed by atoms with Gasteiger partial charge >= 0.3 is 0 Å². The fraction of sp³-hybridized carbons (Fsp3) is 0.450. The van der Waals surface area contributed by atoms with E-state index in [2.05, 4.69) is 5.16 Å². The maximum atomic E-state index is 13.1. The summed E-state index contributed by atoms with van der Waals surface area (Å²) in [5.41, 5.74) is 1.32. The normalized spacial score (nSPS) is 16.6. The van der Waals surface area contributed by atoms with Crippen LogP contribution in [-0.4, -0.2) is 47.6 Å². The maximum Gasteiger partial charge on any atom is 0.259 e. The number of nitrogens with zero attached hydrogens (tertiary/aromatic N) is 3. The number of carbonyl (C=O) groups is 2. The standard InChI is InChI=1S/C20H25N3O4/c1-6-16-18(13(2)27-21-16)19(25)22-11-17(24)23(20(3,4)12-22)14-7-9-15(26-5)10-8-14/h7-10H,6,11-12H2,1-5H3. The lowest BCUT2D eigenvalue weighted by Gasteiger charge is -2.46. The van der Waals surface area contributed by atoms with E-state index >= 15 is 0 Å². The van der Waals surface area contributed by atoms with Crippen LogP contribution >= 0.6 is 0 Å². The van der Waals surface area contributed by atoms with Crippen LogP contribution in [0.25, 0.3) is 0 Å². The molecule has 1 saturated heterocycles. The van der Waals surface area contributed by atoms with Gasteiger partial charge in [0.25, 0.3) is 5.91 Å². The molecule has 2 aromatic rings. The van der Waals surface area contributed by atoms with E-state index < -0.39 is 5.54 Å². The third-order valence-corrected chi connectivity index (χ3v) is 4.86. The molecule has 3 rings (SSSR count). The summed E-state index contributed by atoms with van der Waals surface area (Å²) >= 11 is 0. The lowest BCUT2D eigenvalue weighted by Crippen LogP contribution is -2.63. The molecule has 0 unspecified atom stereocenters. The first-order valence-corrected chi connectivity index (χ1v) is 9.00. The molecule has 2 heterocycles. The summed E-state index contributed by atoms with van der Waals surface area (Å²) in [6.45, 7) is 7.98. The van der Waals surface area contributed by atoms with Crippen LogP contribution in [0.1, 0.15) is 42.6 Å². The molecule has 0 atom stereocenters. The Hall–Kier alpha value is -2.83. The van der Waals surface area contributed by atoms with Crippen molar-refractivity contribution < 1.29 is 18.8 Å². The fourth-order valence-corrected chi connectivity index (χ4v) is 3.63. The zero-order valence-corrected chi connectivity index (χ0v) is 16.4. The molecule has 7 heteroatoms. The number of rotatable bonds is 4. The topological polar surface area (TPSA) is 75.9 Å². The van der Waals surface area contributed by atoms with Gasteiger partial charge in [0.1, 0.15) is 23.6 Å². The first-order valence-electron chi connectivity index (χ1n) is 9.00. The molecule has 1 fully saturated rings. The molecular formula is C20H25N3O4. The predicted molar refractivity (Wildman–Crippen MR) is 101 cm³/mol. The van der Waals surface area contributed by atoms with Gasteiger partial charge in [-0.3, -0.25) is 9.59 Å². The van der Waals surface area contributed by atoms with Crippen molar-refractivity contribution in [2.75, 3.05) is 25.1 Å². The van der Waals surface area contributed by atoms with Crippen molar-refractivity contribution in [2.24, 2.45) is 0 Å². The Bertz CT molecular complexity index is 855. The van der Waals surface area contributed by atoms with Crippen LogP contribution in [0.5, 0.6) is 5.75 Å². The van der Waals surface area contributed by atoms with Crippen LogP contribution in [0, 0.1) is 6.92 Å². The van der Waals surface area contributed by atoms with Gasteiger partial charge in [-0.05, 0) is 51.5 Å². The number of methoxy groups -OCH3 is 1. The summed E-state index contributed by atoms with van der Waals surface area (Å²) < 4.78 is 10.4. The second-order valence-electron chi connectivity index (χ2n) is 7.31. The summed E-state index contributed by atoms with van der Waals surface area (Å²) in [7, 11) is 1.60. The van der Waals surface area contributed by atoms with Crippen LogP contribution in [0.15, 0.2) is 28.8 Å². The Morgan fingerprint density at radius 1 is 1.30 bits per heavy atom. The highest BCUT2D eigenvalue weighted by Gasteiger charge is 2.42. The second-order valence-corrected chi connectivity index (χ2v) is 7.31. The Labute approximate surface area is 158 Å². The third-order valence-electron chi connectivity index (χ3n) is 4.86. The maximum absolute atomic E-state index is 13.1. The average Bonchev–Trinajstić information content (AvgIpc) is 3.01. The highest BCUT2D eigenvalue weighted by Crippen LogP contribution is 2.31. The number of aromatic nitrogens is 1. The Morgan fingerprint density at radius 2 is 1.96 bits per heavy atom. The molecular weight excluding hydrogens is 346 g/mol. The van der Waals surface area contributed by atoms with Crippen LogP contribution in [0.3, 0.4) is 0 Å². The lowest BCUT2D eigenvalue weighted by molar-refractivity contribution is -0.122. The zero-order valence-electron chi connectivity index (χ0n) is 16.4. The first kappa shape index (κ1) is 18.9. The number of ether oxygens (including phenoxy) is 1. The molecule has 144 valence electrons. The molecule has 2 amide bonds. The van der Waals surface area contributed by atoms with Crippen molar-refractivity contribution >= 4 is 17.5 Å². The van der Waals surface area contributed by atoms with Crippen molar-refractivity contribution in [3.63, 3.8) is 0 Å². The van der Waals surface area contributed by atoms with Gasteiger partial charge in [-0.2, -0.15) is 0 Å². The van der Waals surface area contributed by atoms with E-state index in [1.165, 1.54) is 0 Å². The third kappa shape index (κ3) is 3.41. The average molecular weight is 371 g/mol. The number of aryl methyl sites for hydroxylation is 2. The van der Waals surface area contributed by atoms with Crippen LogP contribution in [0.2, 0.25) is 0 Å². The Balaban J connectivity index is 1.87. The molecule has 27 heavy (non-hydrogen) atoms. The summed E-state index contributed by atoms with van der Waals surface area (Å²) in [5, 5.41) is 3.95. The Morgan fingerprint density at radius 3 is 2.52 bits per heavy atom. The molecule has 0 spiro atoms. The van der Waals surface area contributed by atoms with Gasteiger partial charge in [0.15, 0.2) is 0 Å². The van der Waals surface area contributed by atoms with E-state index in [1.807, 2.05) is 45.0 Å². The molecule has 0 bridgehead atoms. The molecule has 1 aliphatic rings. The molecule has 1 aromatic carbocycles. The van der Waals surface area contributed by atoms with Gasteiger partial charge in [-0.1, -0.05) is 12.1 Å². The number of hydrogen-bond acceptors (Lipinski definition) is 5. The number of anilines is 1. The fourth-order valence-electron chi connectivity index (χ4n) is 3.63. The summed E-state index contributed by atoms with van der Waals surface area (Å²) in [5.74, 6) is 0.880. The lowest BCUT2D eigenvalue weighted by atomic mass is 9.96. The number of carbonyl (C=O) groups excluding carboxylic acids is 2. The van der Waals surface area contributed by atoms with E-state index in [9.17, 15) is 9.59 Å². The quantitative estimate of drug-likeness (QED) is 0.826. The molecule has 0 N–H and O–H groups in total. The van der Waals surface area contributed by atoms with Crippen molar-refractivity contribution in [3.8, 4) is 5.75 Å². The van der Waals surface area contributed by atoms with E-state index in [4.69, 9.17) is 9.26 Å². The van der Waals surface area contributed by atoms with Gasteiger partial charge in [-0.25, -0.2) is 0 Å². The summed E-state index contributed by atoms with van der Waals surface area (Å²) in [4.78, 5) is 29.3. The molecule has 1 aromatic heterocycles. The van der Waals surface area contributed by atoms with E-state index in [0.717, 1.165) is 11.4 Å².